The van der Waals surface area contributed by atoms with Crippen LogP contribution in [0.15, 0.2) is 30.5 Å². The van der Waals surface area contributed by atoms with E-state index < -0.39 is 17.7 Å². The molecule has 4 rings (SSSR count). The molecule has 3 heterocycles. The van der Waals surface area contributed by atoms with Crippen LogP contribution in [0, 0.1) is 0 Å². The summed E-state index contributed by atoms with van der Waals surface area (Å²) in [5, 5.41) is 0.621. The van der Waals surface area contributed by atoms with Crippen molar-refractivity contribution in [3.63, 3.8) is 0 Å². The maximum Gasteiger partial charge on any atom is 0.419 e. The van der Waals surface area contributed by atoms with Crippen LogP contribution in [0.2, 0.25) is 0 Å². The number of hydrogen-bond donors (Lipinski definition) is 0. The van der Waals surface area contributed by atoms with E-state index in [-0.39, 0.29) is 11.9 Å². The van der Waals surface area contributed by atoms with Crippen LogP contribution in [0.4, 0.5) is 18.3 Å². The van der Waals surface area contributed by atoms with E-state index in [1.165, 1.54) is 42.8 Å². The predicted octanol–water partition coefficient (Wildman–Crippen LogP) is 3.64. The lowest BCUT2D eigenvalue weighted by atomic mass is 10.2. The van der Waals surface area contributed by atoms with Crippen LogP contribution in [0.5, 0.6) is 5.75 Å². The number of rotatable bonds is 4. The van der Waals surface area contributed by atoms with E-state index in [2.05, 4.69) is 9.72 Å². The number of ether oxygens (including phenoxy) is 4. The second-order valence-electron chi connectivity index (χ2n) is 6.69. The predicted molar refractivity (Wildman–Crippen MR) is 108 cm³/mol. The van der Waals surface area contributed by atoms with Crippen molar-refractivity contribution in [2.24, 2.45) is 0 Å². The van der Waals surface area contributed by atoms with Gasteiger partial charge in [-0.1, -0.05) is 23.5 Å². The van der Waals surface area contributed by atoms with Crippen LogP contribution in [-0.2, 0) is 20.4 Å². The second-order valence-corrected chi connectivity index (χ2v) is 7.70. The lowest BCUT2D eigenvalue weighted by molar-refractivity contribution is -0.139. The molecular formula is C20H23F3N2O5S. The van der Waals surface area contributed by atoms with Crippen LogP contribution < -0.4 is 9.64 Å². The number of nitrogens with zero attached hydrogens (tertiary/aromatic N) is 2. The normalized spacial score (nSPS) is 18.8. The number of aromatic nitrogens is 1. The number of carbonyl (C=O) groups is 1. The molecule has 1 aromatic carbocycles. The summed E-state index contributed by atoms with van der Waals surface area (Å²) in [6, 6.07) is 5.18. The molecule has 2 aliphatic rings. The first-order valence-corrected chi connectivity index (χ1v) is 10.5. The molecule has 0 radical (unpaired) electrons. The van der Waals surface area contributed by atoms with E-state index in [0.29, 0.717) is 29.5 Å². The highest BCUT2D eigenvalue weighted by atomic mass is 32.1. The fourth-order valence-corrected chi connectivity index (χ4v) is 3.90. The minimum absolute atomic E-state index is 0.170. The highest BCUT2D eigenvalue weighted by Crippen LogP contribution is 2.37. The van der Waals surface area contributed by atoms with Crippen molar-refractivity contribution in [2.45, 2.75) is 18.7 Å². The monoisotopic (exact) mass is 460 g/mol. The van der Waals surface area contributed by atoms with Crippen molar-refractivity contribution in [2.75, 3.05) is 51.5 Å². The summed E-state index contributed by atoms with van der Waals surface area (Å²) >= 11 is 1.18. The standard InChI is InChI=1S/C16H15F3N2O3S.C4H8O2/c1-23-14(22)13-8-20-15(25-13)21-7-6-10(9-21)24-12-5-3-2-4-11(12)16(17,18)19;1-2-6-4-3-5-1/h2-5,8,10H,6-7,9H2,1H3;1-4H2/t10-;/m0./s1. The summed E-state index contributed by atoms with van der Waals surface area (Å²) in [6.45, 7) is 4.10. The van der Waals surface area contributed by atoms with E-state index in [1.54, 1.807) is 0 Å². The molecule has 7 nitrogen and oxygen atoms in total. The Balaban J connectivity index is 0.000000391. The summed E-state index contributed by atoms with van der Waals surface area (Å²) in [6.07, 6.45) is -2.84. The molecule has 2 saturated heterocycles. The number of thiazole rings is 1. The van der Waals surface area contributed by atoms with Gasteiger partial charge in [0.05, 0.1) is 51.8 Å². The Kier molecular flexibility index (Phi) is 8.10. The van der Waals surface area contributed by atoms with E-state index in [0.717, 1.165) is 32.5 Å². The van der Waals surface area contributed by atoms with Gasteiger partial charge in [0, 0.05) is 13.0 Å². The number of carbonyl (C=O) groups excluding carboxylic acids is 1. The highest BCUT2D eigenvalue weighted by Gasteiger charge is 2.35. The van der Waals surface area contributed by atoms with Crippen LogP contribution in [-0.4, -0.2) is 63.7 Å². The fraction of sp³-hybridized carbons (Fsp3) is 0.500. The first kappa shape index (κ1) is 23.3. The van der Waals surface area contributed by atoms with Gasteiger partial charge in [-0.25, -0.2) is 9.78 Å². The topological polar surface area (TPSA) is 70.1 Å². The molecule has 0 N–H and O–H groups in total. The lowest BCUT2D eigenvalue weighted by Crippen LogP contribution is -2.25. The molecule has 0 saturated carbocycles. The van der Waals surface area contributed by atoms with Crippen molar-refractivity contribution >= 4 is 22.4 Å². The minimum atomic E-state index is -4.46. The van der Waals surface area contributed by atoms with Crippen molar-refractivity contribution < 1.29 is 36.9 Å². The molecule has 31 heavy (non-hydrogen) atoms. The molecule has 1 aromatic heterocycles. The van der Waals surface area contributed by atoms with Gasteiger partial charge in [0.25, 0.3) is 0 Å². The van der Waals surface area contributed by atoms with Gasteiger partial charge in [-0.15, -0.1) is 0 Å². The average molecular weight is 460 g/mol. The molecule has 170 valence electrons. The summed E-state index contributed by atoms with van der Waals surface area (Å²) < 4.78 is 59.2. The third-order valence-corrected chi connectivity index (χ3v) is 5.56. The molecule has 0 spiro atoms. The van der Waals surface area contributed by atoms with Crippen LogP contribution in [0.3, 0.4) is 0 Å². The third-order valence-electron chi connectivity index (χ3n) is 4.53. The first-order chi connectivity index (χ1) is 14.9. The Morgan fingerprint density at radius 1 is 1.19 bits per heavy atom. The van der Waals surface area contributed by atoms with Crippen molar-refractivity contribution in [1.82, 2.24) is 4.98 Å². The van der Waals surface area contributed by atoms with E-state index in [1.807, 2.05) is 4.90 Å². The SMILES string of the molecule is C1COCCO1.COC(=O)c1cnc(N2CC[C@H](Oc3ccccc3C(F)(F)F)C2)s1. The molecule has 0 amide bonds. The number of halogens is 3. The van der Waals surface area contributed by atoms with Crippen LogP contribution in [0.1, 0.15) is 21.7 Å². The lowest BCUT2D eigenvalue weighted by Gasteiger charge is -2.19. The minimum Gasteiger partial charge on any atom is -0.488 e. The largest absolute Gasteiger partial charge is 0.488 e. The molecule has 2 fully saturated rings. The number of para-hydroxylation sites is 1. The van der Waals surface area contributed by atoms with E-state index in [4.69, 9.17) is 14.2 Å². The highest BCUT2D eigenvalue weighted by molar-refractivity contribution is 7.17. The molecule has 11 heteroatoms. The molecule has 1 atom stereocenters. The Bertz CT molecular complexity index is 846. The smallest absolute Gasteiger partial charge is 0.419 e. The van der Waals surface area contributed by atoms with Crippen LogP contribution in [0.25, 0.3) is 0 Å². The summed E-state index contributed by atoms with van der Waals surface area (Å²) in [5.41, 5.74) is -0.782. The first-order valence-electron chi connectivity index (χ1n) is 9.66. The fourth-order valence-electron chi connectivity index (χ4n) is 3.03. The van der Waals surface area contributed by atoms with Gasteiger partial charge >= 0.3 is 12.1 Å². The number of methoxy groups -OCH3 is 1. The maximum absolute atomic E-state index is 13.0. The Morgan fingerprint density at radius 3 is 2.48 bits per heavy atom. The van der Waals surface area contributed by atoms with Gasteiger partial charge in [0.2, 0.25) is 0 Å². The van der Waals surface area contributed by atoms with Gasteiger partial charge in [-0.3, -0.25) is 0 Å². The van der Waals surface area contributed by atoms with Gasteiger partial charge in [0.15, 0.2) is 5.13 Å². The molecule has 2 aliphatic heterocycles. The van der Waals surface area contributed by atoms with Crippen molar-refractivity contribution in [3.8, 4) is 5.75 Å². The van der Waals surface area contributed by atoms with Gasteiger partial charge in [-0.2, -0.15) is 13.2 Å². The molecule has 0 unspecified atom stereocenters. The quantitative estimate of drug-likeness (QED) is 0.646. The number of anilines is 1. The zero-order chi connectivity index (χ0) is 22.3. The maximum atomic E-state index is 13.0. The number of alkyl halides is 3. The second kappa shape index (κ2) is 10.8. The Labute approximate surface area is 181 Å². The van der Waals surface area contributed by atoms with Crippen molar-refractivity contribution in [3.05, 3.63) is 40.9 Å². The number of benzene rings is 1. The van der Waals surface area contributed by atoms with E-state index in [9.17, 15) is 18.0 Å². The van der Waals surface area contributed by atoms with Gasteiger partial charge in [-0.05, 0) is 12.1 Å². The summed E-state index contributed by atoms with van der Waals surface area (Å²) in [5.74, 6) is -0.633. The number of hydrogen-bond acceptors (Lipinski definition) is 8. The van der Waals surface area contributed by atoms with Gasteiger partial charge < -0.3 is 23.8 Å². The molecule has 2 aromatic rings. The van der Waals surface area contributed by atoms with Gasteiger partial charge in [0.1, 0.15) is 16.7 Å². The Morgan fingerprint density at radius 2 is 1.87 bits per heavy atom. The van der Waals surface area contributed by atoms with E-state index >= 15 is 0 Å². The summed E-state index contributed by atoms with van der Waals surface area (Å²) in [7, 11) is 1.29. The van der Waals surface area contributed by atoms with Crippen LogP contribution >= 0.6 is 11.3 Å². The molecular weight excluding hydrogens is 437 g/mol. The zero-order valence-corrected chi connectivity index (χ0v) is 17.7. The summed E-state index contributed by atoms with van der Waals surface area (Å²) in [4.78, 5) is 17.9. The average Bonchev–Trinajstić information content (AvgIpc) is 3.44. The number of esters is 1. The molecule has 0 aliphatic carbocycles. The zero-order valence-electron chi connectivity index (χ0n) is 16.9. The third kappa shape index (κ3) is 6.55. The Hall–Kier alpha value is -2.37. The van der Waals surface area contributed by atoms with Crippen molar-refractivity contribution in [1.29, 1.82) is 0 Å². The molecule has 0 bridgehead atoms.